The normalized spacial score (nSPS) is 11.8. The predicted molar refractivity (Wildman–Crippen MR) is 132 cm³/mol. The third kappa shape index (κ3) is 5.49. The molecule has 0 aliphatic heterocycles. The number of aromatic nitrogens is 4. The number of para-hydroxylation sites is 1. The first kappa shape index (κ1) is 22.7. The van der Waals surface area contributed by atoms with E-state index in [2.05, 4.69) is 52.5 Å². The zero-order chi connectivity index (χ0) is 23.0. The fourth-order valence-electron chi connectivity index (χ4n) is 3.75. The average molecular weight is 458 g/mol. The second kappa shape index (κ2) is 10.9. The maximum absolute atomic E-state index is 12.9. The van der Waals surface area contributed by atoms with Crippen molar-refractivity contribution in [3.63, 3.8) is 0 Å². The monoisotopic (exact) mass is 457 g/mol. The van der Waals surface area contributed by atoms with E-state index in [1.165, 1.54) is 11.8 Å². The van der Waals surface area contributed by atoms with E-state index in [9.17, 15) is 4.79 Å². The number of carbonyl (C=O) groups excluding carboxylic acids is 1. The zero-order valence-corrected chi connectivity index (χ0v) is 19.6. The van der Waals surface area contributed by atoms with E-state index in [1.54, 1.807) is 12.4 Å². The van der Waals surface area contributed by atoms with Crippen molar-refractivity contribution in [1.82, 2.24) is 25.1 Å². The second-order valence-electron chi connectivity index (χ2n) is 7.77. The molecule has 0 aliphatic carbocycles. The van der Waals surface area contributed by atoms with Crippen molar-refractivity contribution >= 4 is 17.7 Å². The number of rotatable bonds is 9. The minimum absolute atomic E-state index is 0.00548. The van der Waals surface area contributed by atoms with E-state index >= 15 is 0 Å². The van der Waals surface area contributed by atoms with Crippen molar-refractivity contribution < 1.29 is 4.79 Å². The SMILES string of the molecule is CCC[C@H](NC(=O)CSc1nnc(-c2ccncc2)n1-c1ccccc1C)c1ccccc1. The van der Waals surface area contributed by atoms with Gasteiger partial charge in [0.25, 0.3) is 0 Å². The maximum Gasteiger partial charge on any atom is 0.230 e. The highest BCUT2D eigenvalue weighted by Gasteiger charge is 2.19. The van der Waals surface area contributed by atoms with E-state index in [0.717, 1.165) is 41.0 Å². The van der Waals surface area contributed by atoms with Crippen LogP contribution in [-0.2, 0) is 4.79 Å². The molecule has 1 N–H and O–H groups in total. The van der Waals surface area contributed by atoms with Gasteiger partial charge in [0.2, 0.25) is 5.91 Å². The van der Waals surface area contributed by atoms with E-state index in [0.29, 0.717) is 5.16 Å². The lowest BCUT2D eigenvalue weighted by Gasteiger charge is -2.18. The molecule has 4 aromatic rings. The fraction of sp³-hybridized carbons (Fsp3) is 0.231. The van der Waals surface area contributed by atoms with Gasteiger partial charge in [0.05, 0.1) is 17.5 Å². The quantitative estimate of drug-likeness (QED) is 0.341. The maximum atomic E-state index is 12.9. The van der Waals surface area contributed by atoms with Crippen LogP contribution in [0.5, 0.6) is 0 Å². The van der Waals surface area contributed by atoms with Gasteiger partial charge in [0.1, 0.15) is 0 Å². The summed E-state index contributed by atoms with van der Waals surface area (Å²) in [4.78, 5) is 17.0. The Bertz CT molecular complexity index is 1190. The molecule has 0 saturated carbocycles. The summed E-state index contributed by atoms with van der Waals surface area (Å²) in [5.41, 5.74) is 4.14. The Morgan fingerprint density at radius 2 is 1.73 bits per heavy atom. The van der Waals surface area contributed by atoms with Crippen LogP contribution in [0.25, 0.3) is 17.1 Å². The van der Waals surface area contributed by atoms with Gasteiger partial charge >= 0.3 is 0 Å². The van der Waals surface area contributed by atoms with Crippen LogP contribution in [0.4, 0.5) is 0 Å². The number of thioether (sulfide) groups is 1. The number of nitrogens with zero attached hydrogens (tertiary/aromatic N) is 4. The number of aryl methyl sites for hydroxylation is 1. The Labute approximate surface area is 198 Å². The summed E-state index contributed by atoms with van der Waals surface area (Å²) in [6.45, 7) is 4.18. The molecule has 2 aromatic heterocycles. The Balaban J connectivity index is 1.56. The highest BCUT2D eigenvalue weighted by Crippen LogP contribution is 2.29. The van der Waals surface area contributed by atoms with Crippen molar-refractivity contribution in [3.05, 3.63) is 90.3 Å². The van der Waals surface area contributed by atoms with Crippen molar-refractivity contribution in [3.8, 4) is 17.1 Å². The molecule has 7 heteroatoms. The first-order valence-corrected chi connectivity index (χ1v) is 12.0. The molecular formula is C26H27N5OS. The first-order valence-electron chi connectivity index (χ1n) is 11.1. The molecule has 0 aliphatic rings. The molecule has 0 saturated heterocycles. The summed E-state index contributed by atoms with van der Waals surface area (Å²) in [5.74, 6) is 0.961. The molecular weight excluding hydrogens is 430 g/mol. The predicted octanol–water partition coefficient (Wildman–Crippen LogP) is 5.39. The lowest BCUT2D eigenvalue weighted by Crippen LogP contribution is -2.30. The van der Waals surface area contributed by atoms with Gasteiger partial charge in [0, 0.05) is 18.0 Å². The summed E-state index contributed by atoms with van der Waals surface area (Å²) in [5, 5.41) is 12.8. The lowest BCUT2D eigenvalue weighted by atomic mass is 10.0. The number of hydrogen-bond acceptors (Lipinski definition) is 5. The second-order valence-corrected chi connectivity index (χ2v) is 8.71. The minimum Gasteiger partial charge on any atom is -0.349 e. The summed E-state index contributed by atoms with van der Waals surface area (Å²) in [7, 11) is 0. The molecule has 2 heterocycles. The van der Waals surface area contributed by atoms with E-state index in [4.69, 9.17) is 0 Å². The van der Waals surface area contributed by atoms with E-state index in [1.807, 2.05) is 53.1 Å². The molecule has 1 atom stereocenters. The smallest absolute Gasteiger partial charge is 0.230 e. The Kier molecular flexibility index (Phi) is 7.52. The van der Waals surface area contributed by atoms with Gasteiger partial charge in [-0.3, -0.25) is 14.3 Å². The Morgan fingerprint density at radius 1 is 1.00 bits per heavy atom. The molecule has 33 heavy (non-hydrogen) atoms. The van der Waals surface area contributed by atoms with Gasteiger partial charge in [-0.2, -0.15) is 0 Å². The zero-order valence-electron chi connectivity index (χ0n) is 18.8. The van der Waals surface area contributed by atoms with Gasteiger partial charge in [-0.05, 0) is 42.7 Å². The Morgan fingerprint density at radius 3 is 2.45 bits per heavy atom. The van der Waals surface area contributed by atoms with Crippen molar-refractivity contribution in [1.29, 1.82) is 0 Å². The fourth-order valence-corrected chi connectivity index (χ4v) is 4.50. The van der Waals surface area contributed by atoms with Crippen LogP contribution in [0.15, 0.2) is 84.3 Å². The van der Waals surface area contributed by atoms with Crippen molar-refractivity contribution in [2.45, 2.75) is 37.9 Å². The molecule has 0 fully saturated rings. The average Bonchev–Trinajstić information content (AvgIpc) is 3.27. The molecule has 1 amide bonds. The van der Waals surface area contributed by atoms with E-state index < -0.39 is 0 Å². The molecule has 0 spiro atoms. The van der Waals surface area contributed by atoms with Gasteiger partial charge in [-0.25, -0.2) is 0 Å². The third-order valence-electron chi connectivity index (χ3n) is 5.38. The molecule has 168 valence electrons. The Hall–Kier alpha value is -3.45. The largest absolute Gasteiger partial charge is 0.349 e. The van der Waals surface area contributed by atoms with Gasteiger partial charge < -0.3 is 5.32 Å². The molecule has 0 radical (unpaired) electrons. The third-order valence-corrected chi connectivity index (χ3v) is 6.30. The van der Waals surface area contributed by atoms with Gasteiger partial charge in [-0.1, -0.05) is 73.6 Å². The highest BCUT2D eigenvalue weighted by atomic mass is 32.2. The van der Waals surface area contributed by atoms with Gasteiger partial charge in [0.15, 0.2) is 11.0 Å². The first-order chi connectivity index (χ1) is 16.2. The van der Waals surface area contributed by atoms with Crippen LogP contribution >= 0.6 is 11.8 Å². The summed E-state index contributed by atoms with van der Waals surface area (Å²) in [6.07, 6.45) is 5.36. The number of hydrogen-bond donors (Lipinski definition) is 1. The number of carbonyl (C=O) groups is 1. The number of pyridine rings is 1. The highest BCUT2D eigenvalue weighted by molar-refractivity contribution is 7.99. The topological polar surface area (TPSA) is 72.7 Å². The van der Waals surface area contributed by atoms with Crippen LogP contribution in [0.2, 0.25) is 0 Å². The summed E-state index contributed by atoms with van der Waals surface area (Å²) >= 11 is 1.39. The number of nitrogens with one attached hydrogen (secondary N) is 1. The van der Waals surface area contributed by atoms with Crippen LogP contribution in [0.1, 0.15) is 36.9 Å². The van der Waals surface area contributed by atoms with Crippen LogP contribution < -0.4 is 5.32 Å². The number of amides is 1. The molecule has 0 unspecified atom stereocenters. The van der Waals surface area contributed by atoms with Crippen LogP contribution in [-0.4, -0.2) is 31.4 Å². The van der Waals surface area contributed by atoms with Crippen molar-refractivity contribution in [2.75, 3.05) is 5.75 Å². The minimum atomic E-state index is -0.0212. The van der Waals surface area contributed by atoms with Gasteiger partial charge in [-0.15, -0.1) is 10.2 Å². The van der Waals surface area contributed by atoms with E-state index in [-0.39, 0.29) is 17.7 Å². The van der Waals surface area contributed by atoms with Crippen LogP contribution in [0, 0.1) is 6.92 Å². The standard InChI is InChI=1S/C26H27N5OS/c1-3-9-22(20-11-5-4-6-12-20)28-24(32)18-33-26-30-29-25(21-14-16-27-17-15-21)31(26)23-13-8-7-10-19(23)2/h4-8,10-17,22H,3,9,18H2,1-2H3,(H,28,32)/t22-/m0/s1. The summed E-state index contributed by atoms with van der Waals surface area (Å²) < 4.78 is 2.02. The molecule has 2 aromatic carbocycles. The molecule has 0 bridgehead atoms. The lowest BCUT2D eigenvalue weighted by molar-refractivity contribution is -0.119. The number of benzene rings is 2. The van der Waals surface area contributed by atoms with Crippen LogP contribution in [0.3, 0.4) is 0 Å². The van der Waals surface area contributed by atoms with Crippen molar-refractivity contribution in [2.24, 2.45) is 0 Å². The summed E-state index contributed by atoms with van der Waals surface area (Å²) in [6, 6.07) is 22.0. The molecule has 4 rings (SSSR count). The molecule has 6 nitrogen and oxygen atoms in total.